The maximum atomic E-state index is 12.8. The minimum absolute atomic E-state index is 0.0291. The molecule has 11 heavy (non-hydrogen) atoms. The number of aliphatic carboxylic acids is 1. The molecule has 0 aromatic rings. The summed E-state index contributed by atoms with van der Waals surface area (Å²) < 4.78 is 12.8. The lowest BCUT2D eigenvalue weighted by atomic mass is 9.91. The van der Waals surface area contributed by atoms with Crippen molar-refractivity contribution in [2.24, 2.45) is 11.8 Å². The molecule has 0 heterocycles. The Hall–Kier alpha value is -0.860. The zero-order valence-electron chi connectivity index (χ0n) is 6.75. The normalized spacial score (nSPS) is 16.0. The van der Waals surface area contributed by atoms with Gasteiger partial charge in [-0.15, -0.1) is 6.58 Å². The highest BCUT2D eigenvalue weighted by Gasteiger charge is 2.27. The van der Waals surface area contributed by atoms with Gasteiger partial charge in [0.2, 0.25) is 6.17 Å². The van der Waals surface area contributed by atoms with E-state index in [1.165, 1.54) is 6.08 Å². The smallest absolute Gasteiger partial charge is 0.338 e. The van der Waals surface area contributed by atoms with Crippen molar-refractivity contribution in [1.82, 2.24) is 0 Å². The third-order valence-electron chi connectivity index (χ3n) is 1.62. The minimum atomic E-state index is -1.83. The second kappa shape index (κ2) is 4.11. The Kier molecular flexibility index (Phi) is 3.79. The summed E-state index contributed by atoms with van der Waals surface area (Å²) in [6.07, 6.45) is -0.476. The fourth-order valence-corrected chi connectivity index (χ4v) is 0.894. The number of hydrogen-bond acceptors (Lipinski definition) is 1. The molecule has 0 aliphatic rings. The maximum absolute atomic E-state index is 12.8. The van der Waals surface area contributed by atoms with Crippen LogP contribution < -0.4 is 0 Å². The summed E-state index contributed by atoms with van der Waals surface area (Å²) in [4.78, 5) is 10.2. The number of alkyl halides is 1. The number of rotatable bonds is 4. The Bertz CT molecular complexity index is 154. The van der Waals surface area contributed by atoms with Crippen LogP contribution in [0.1, 0.15) is 13.8 Å². The Morgan fingerprint density at radius 3 is 2.18 bits per heavy atom. The summed E-state index contributed by atoms with van der Waals surface area (Å²) >= 11 is 0. The topological polar surface area (TPSA) is 37.3 Å². The molecule has 0 rings (SSSR count). The third kappa shape index (κ3) is 2.70. The van der Waals surface area contributed by atoms with Crippen molar-refractivity contribution in [2.75, 3.05) is 0 Å². The van der Waals surface area contributed by atoms with Gasteiger partial charge in [-0.3, -0.25) is 0 Å². The molecule has 0 aromatic carbocycles. The van der Waals surface area contributed by atoms with Crippen LogP contribution >= 0.6 is 0 Å². The predicted octanol–water partition coefficient (Wildman–Crippen LogP) is 1.87. The van der Waals surface area contributed by atoms with Gasteiger partial charge in [-0.2, -0.15) is 0 Å². The summed E-state index contributed by atoms with van der Waals surface area (Å²) in [5, 5.41) is 8.31. The summed E-state index contributed by atoms with van der Waals surface area (Å²) in [5.41, 5.74) is 0. The molecule has 0 bridgehead atoms. The zero-order valence-corrected chi connectivity index (χ0v) is 6.75. The van der Waals surface area contributed by atoms with Crippen LogP contribution in [0, 0.1) is 11.8 Å². The molecule has 2 unspecified atom stereocenters. The first-order valence-electron chi connectivity index (χ1n) is 3.50. The Morgan fingerprint density at radius 1 is 1.64 bits per heavy atom. The summed E-state index contributed by atoms with van der Waals surface area (Å²) in [7, 11) is 0. The lowest BCUT2D eigenvalue weighted by molar-refractivity contribution is -0.144. The molecule has 0 fully saturated rings. The molecule has 0 saturated carbocycles. The van der Waals surface area contributed by atoms with Gasteiger partial charge in [0.05, 0.1) is 0 Å². The Balaban J connectivity index is 4.25. The first-order chi connectivity index (χ1) is 5.00. The van der Waals surface area contributed by atoms with Crippen LogP contribution in [0.15, 0.2) is 12.7 Å². The quantitative estimate of drug-likeness (QED) is 0.637. The van der Waals surface area contributed by atoms with Crippen LogP contribution in [0.3, 0.4) is 0 Å². The number of halogens is 1. The molecule has 0 saturated heterocycles. The maximum Gasteiger partial charge on any atom is 0.338 e. The Labute approximate surface area is 65.7 Å². The van der Waals surface area contributed by atoms with E-state index in [2.05, 4.69) is 6.58 Å². The van der Waals surface area contributed by atoms with Gasteiger partial charge in [0.25, 0.3) is 0 Å². The van der Waals surface area contributed by atoms with E-state index >= 15 is 0 Å². The molecular weight excluding hydrogens is 147 g/mol. The third-order valence-corrected chi connectivity index (χ3v) is 1.62. The van der Waals surface area contributed by atoms with Gasteiger partial charge in [-0.05, 0) is 5.92 Å². The van der Waals surface area contributed by atoms with Crippen molar-refractivity contribution in [3.8, 4) is 0 Å². The lowest BCUT2D eigenvalue weighted by Crippen LogP contribution is -2.27. The van der Waals surface area contributed by atoms with Crippen molar-refractivity contribution < 1.29 is 14.3 Å². The average molecular weight is 160 g/mol. The fourth-order valence-electron chi connectivity index (χ4n) is 0.894. The number of carboxylic acids is 1. The van der Waals surface area contributed by atoms with Gasteiger partial charge in [-0.25, -0.2) is 9.18 Å². The number of allylic oxidation sites excluding steroid dienone is 1. The van der Waals surface area contributed by atoms with Crippen LogP contribution in [0.2, 0.25) is 0 Å². The molecule has 2 nitrogen and oxygen atoms in total. The molecule has 0 radical (unpaired) electrons. The van der Waals surface area contributed by atoms with E-state index < -0.39 is 18.1 Å². The van der Waals surface area contributed by atoms with Crippen molar-refractivity contribution >= 4 is 5.97 Å². The molecule has 0 amide bonds. The molecule has 2 atom stereocenters. The van der Waals surface area contributed by atoms with E-state index in [1.54, 1.807) is 13.8 Å². The van der Waals surface area contributed by atoms with Crippen LogP contribution in [-0.2, 0) is 4.79 Å². The van der Waals surface area contributed by atoms with E-state index in [9.17, 15) is 9.18 Å². The van der Waals surface area contributed by atoms with Gasteiger partial charge in [0, 0.05) is 5.92 Å². The zero-order chi connectivity index (χ0) is 9.02. The van der Waals surface area contributed by atoms with E-state index in [0.717, 1.165) is 0 Å². The number of hydrogen-bond donors (Lipinski definition) is 1. The van der Waals surface area contributed by atoms with Crippen molar-refractivity contribution in [1.29, 1.82) is 0 Å². The van der Waals surface area contributed by atoms with Gasteiger partial charge in [0.15, 0.2) is 0 Å². The molecule has 64 valence electrons. The largest absolute Gasteiger partial charge is 0.479 e. The molecular formula is C8H13FO2. The molecule has 3 heteroatoms. The number of carbonyl (C=O) groups is 1. The van der Waals surface area contributed by atoms with Gasteiger partial charge in [0.1, 0.15) is 0 Å². The molecule has 0 aliphatic heterocycles. The monoisotopic (exact) mass is 160 g/mol. The van der Waals surface area contributed by atoms with Gasteiger partial charge >= 0.3 is 5.97 Å². The molecule has 0 aromatic heterocycles. The van der Waals surface area contributed by atoms with Crippen LogP contribution in [-0.4, -0.2) is 17.2 Å². The molecule has 0 aliphatic carbocycles. The predicted molar refractivity (Wildman–Crippen MR) is 41.1 cm³/mol. The van der Waals surface area contributed by atoms with Crippen LogP contribution in [0.25, 0.3) is 0 Å². The minimum Gasteiger partial charge on any atom is -0.479 e. The standard InChI is InChI=1S/C8H13FO2/c1-4-6(5(2)3)7(9)8(10)11/h4-7H,1H2,2-3H3,(H,10,11). The highest BCUT2D eigenvalue weighted by Crippen LogP contribution is 2.19. The molecule has 0 spiro atoms. The molecule has 1 N–H and O–H groups in total. The van der Waals surface area contributed by atoms with Crippen LogP contribution in [0.5, 0.6) is 0 Å². The van der Waals surface area contributed by atoms with Crippen molar-refractivity contribution in [2.45, 2.75) is 20.0 Å². The first kappa shape index (κ1) is 10.1. The van der Waals surface area contributed by atoms with E-state index in [0.29, 0.717) is 0 Å². The van der Waals surface area contributed by atoms with Crippen molar-refractivity contribution in [3.05, 3.63) is 12.7 Å². The van der Waals surface area contributed by atoms with Crippen molar-refractivity contribution in [3.63, 3.8) is 0 Å². The highest BCUT2D eigenvalue weighted by atomic mass is 19.1. The second-order valence-electron chi connectivity index (χ2n) is 2.80. The van der Waals surface area contributed by atoms with E-state index in [1.807, 2.05) is 0 Å². The second-order valence-corrected chi connectivity index (χ2v) is 2.80. The van der Waals surface area contributed by atoms with E-state index in [4.69, 9.17) is 5.11 Å². The number of carboxylic acid groups (broad SMARTS) is 1. The average Bonchev–Trinajstić information content (AvgIpc) is 1.88. The Morgan fingerprint density at radius 2 is 2.09 bits per heavy atom. The SMILES string of the molecule is C=CC(C(C)C)C(F)C(=O)O. The summed E-state index contributed by atoms with van der Waals surface area (Å²) in [5.74, 6) is -2.03. The highest BCUT2D eigenvalue weighted by molar-refractivity contribution is 5.72. The first-order valence-corrected chi connectivity index (χ1v) is 3.50. The van der Waals surface area contributed by atoms with Crippen LogP contribution in [0.4, 0.5) is 4.39 Å². The summed E-state index contributed by atoms with van der Waals surface area (Å²) in [6.45, 7) is 6.91. The van der Waals surface area contributed by atoms with E-state index in [-0.39, 0.29) is 5.92 Å². The lowest BCUT2D eigenvalue weighted by Gasteiger charge is -2.17. The fraction of sp³-hybridized carbons (Fsp3) is 0.625. The van der Waals surface area contributed by atoms with Gasteiger partial charge < -0.3 is 5.11 Å². The summed E-state index contributed by atoms with van der Waals surface area (Å²) in [6, 6.07) is 0. The van der Waals surface area contributed by atoms with Gasteiger partial charge in [-0.1, -0.05) is 19.9 Å².